The highest BCUT2D eigenvalue weighted by Crippen LogP contribution is 2.50. The van der Waals surface area contributed by atoms with Crippen LogP contribution in [0.1, 0.15) is 34.8 Å². The average molecular weight is 527 g/mol. The van der Waals surface area contributed by atoms with Crippen LogP contribution in [0.4, 0.5) is 5.69 Å². The van der Waals surface area contributed by atoms with Crippen LogP contribution in [0, 0.1) is 5.92 Å². The van der Waals surface area contributed by atoms with Gasteiger partial charge in [0.15, 0.2) is 0 Å². The summed E-state index contributed by atoms with van der Waals surface area (Å²) in [5.41, 5.74) is 3.65. The maximum absolute atomic E-state index is 13.5. The van der Waals surface area contributed by atoms with Gasteiger partial charge in [0.1, 0.15) is 5.15 Å². The van der Waals surface area contributed by atoms with Crippen LogP contribution in [-0.2, 0) is 5.41 Å². The highest BCUT2D eigenvalue weighted by Gasteiger charge is 2.50. The van der Waals surface area contributed by atoms with Crippen molar-refractivity contribution >= 4 is 52.5 Å². The second-order valence-corrected chi connectivity index (χ2v) is 10.7. The lowest BCUT2D eigenvalue weighted by molar-refractivity contribution is 0.0948. The van der Waals surface area contributed by atoms with Crippen molar-refractivity contribution in [3.63, 3.8) is 0 Å². The van der Waals surface area contributed by atoms with Crippen molar-refractivity contribution in [2.75, 3.05) is 31.1 Å². The fourth-order valence-electron chi connectivity index (χ4n) is 5.44. The van der Waals surface area contributed by atoms with Crippen LogP contribution in [0.25, 0.3) is 6.08 Å². The van der Waals surface area contributed by atoms with Gasteiger partial charge in [-0.2, -0.15) is 0 Å². The van der Waals surface area contributed by atoms with Crippen molar-refractivity contribution in [2.24, 2.45) is 5.92 Å². The first-order valence-corrected chi connectivity index (χ1v) is 12.9. The molecule has 1 saturated heterocycles. The summed E-state index contributed by atoms with van der Waals surface area (Å²) in [6.07, 6.45) is 6.87. The second kappa shape index (κ2) is 9.94. The number of halogens is 3. The van der Waals surface area contributed by atoms with Crippen LogP contribution >= 0.6 is 34.8 Å². The molecule has 3 heterocycles. The number of aromatic nitrogens is 1. The van der Waals surface area contributed by atoms with Crippen LogP contribution in [0.5, 0.6) is 0 Å². The Morgan fingerprint density at radius 3 is 2.60 bits per heavy atom. The van der Waals surface area contributed by atoms with Gasteiger partial charge in [-0.05, 0) is 72.5 Å². The molecular weight excluding hydrogens is 501 g/mol. The molecule has 2 unspecified atom stereocenters. The fraction of sp³-hybridized carbons (Fsp3) is 0.286. The van der Waals surface area contributed by atoms with Crippen molar-refractivity contribution in [3.8, 4) is 0 Å². The number of rotatable bonds is 4. The number of anilines is 1. The Kier molecular flexibility index (Phi) is 6.91. The first kappa shape index (κ1) is 24.3. The normalized spacial score (nSPS) is 22.2. The molecule has 1 aromatic heterocycles. The predicted molar refractivity (Wildman–Crippen MR) is 145 cm³/mol. The Labute approximate surface area is 221 Å². The average Bonchev–Trinajstić information content (AvgIpc) is 3.16. The molecule has 4 nitrogen and oxygen atoms in total. The molecule has 3 aromatic rings. The summed E-state index contributed by atoms with van der Waals surface area (Å²) in [7, 11) is 0. The third-order valence-electron chi connectivity index (χ3n) is 7.34. The molecule has 35 heavy (non-hydrogen) atoms. The van der Waals surface area contributed by atoms with Crippen LogP contribution in [0.15, 0.2) is 66.9 Å². The summed E-state index contributed by atoms with van der Waals surface area (Å²) in [5.74, 6) is 0.284. The van der Waals surface area contributed by atoms with E-state index in [1.54, 1.807) is 18.3 Å². The molecule has 5 rings (SSSR count). The van der Waals surface area contributed by atoms with Crippen molar-refractivity contribution in [1.29, 1.82) is 0 Å². The van der Waals surface area contributed by atoms with E-state index in [2.05, 4.69) is 35.0 Å². The highest BCUT2D eigenvalue weighted by atomic mass is 35.5. The number of amides is 1. The summed E-state index contributed by atoms with van der Waals surface area (Å²) in [6.45, 7) is 5.70. The molecule has 0 radical (unpaired) electrons. The minimum atomic E-state index is -0.136. The van der Waals surface area contributed by atoms with Gasteiger partial charge in [0.25, 0.3) is 5.91 Å². The predicted octanol–water partition coefficient (Wildman–Crippen LogP) is 7.00. The zero-order valence-corrected chi connectivity index (χ0v) is 21.7. The van der Waals surface area contributed by atoms with Gasteiger partial charge in [0.05, 0.1) is 0 Å². The van der Waals surface area contributed by atoms with E-state index in [1.807, 2.05) is 41.3 Å². The molecule has 7 heteroatoms. The third-order valence-corrected chi connectivity index (χ3v) is 8.03. The smallest absolute Gasteiger partial charge is 0.258 e. The lowest BCUT2D eigenvalue weighted by Crippen LogP contribution is -2.51. The molecule has 180 valence electrons. The van der Waals surface area contributed by atoms with Crippen molar-refractivity contribution < 1.29 is 4.79 Å². The second-order valence-electron chi connectivity index (χ2n) is 9.44. The van der Waals surface area contributed by atoms with Crippen LogP contribution in [0.2, 0.25) is 15.2 Å². The molecule has 2 atom stereocenters. The zero-order valence-electron chi connectivity index (χ0n) is 19.4. The van der Waals surface area contributed by atoms with Crippen LogP contribution in [0.3, 0.4) is 0 Å². The molecule has 2 aliphatic rings. The monoisotopic (exact) mass is 525 g/mol. The molecule has 0 saturated carbocycles. The molecule has 0 aliphatic carbocycles. The maximum Gasteiger partial charge on any atom is 0.258 e. The van der Waals surface area contributed by atoms with E-state index >= 15 is 0 Å². The molecular formula is C28H26Cl3N3O. The van der Waals surface area contributed by atoms with Crippen molar-refractivity contribution in [1.82, 2.24) is 9.88 Å². The lowest BCUT2D eigenvalue weighted by atomic mass is 9.67. The van der Waals surface area contributed by atoms with Crippen LogP contribution in [-0.4, -0.2) is 42.0 Å². The number of hydrogen-bond donors (Lipinski definition) is 0. The number of hydrogen-bond acceptors (Lipinski definition) is 3. The number of fused-ring (bicyclic) bond motifs is 2. The number of piperidine rings is 1. The first-order valence-electron chi connectivity index (χ1n) is 11.7. The van der Waals surface area contributed by atoms with Gasteiger partial charge in [0.2, 0.25) is 0 Å². The van der Waals surface area contributed by atoms with E-state index in [9.17, 15) is 4.79 Å². The standard InChI is InChI=1S/C28H26Cl3N3O/c1-19-17-33(13-2-3-20-4-6-22(29)7-5-20)14-11-28(19)18-34(25-9-8-23(30)16-24(25)28)27(35)21-10-12-32-26(31)15-21/h2-10,12,15-16,19H,11,13-14,17-18H2,1H3. The van der Waals surface area contributed by atoms with Gasteiger partial charge in [-0.15, -0.1) is 0 Å². The van der Waals surface area contributed by atoms with E-state index in [1.165, 1.54) is 5.56 Å². The van der Waals surface area contributed by atoms with E-state index in [0.29, 0.717) is 28.2 Å². The molecule has 0 N–H and O–H groups in total. The minimum Gasteiger partial charge on any atom is -0.307 e. The molecule has 2 aliphatic heterocycles. The Hall–Kier alpha value is -2.37. The first-order chi connectivity index (χ1) is 16.9. The minimum absolute atomic E-state index is 0.0599. The Bertz CT molecular complexity index is 1280. The van der Waals surface area contributed by atoms with Crippen LogP contribution < -0.4 is 4.90 Å². The van der Waals surface area contributed by atoms with Gasteiger partial charge in [-0.25, -0.2) is 4.98 Å². The molecule has 0 bridgehead atoms. The van der Waals surface area contributed by atoms with Gasteiger partial charge in [-0.1, -0.05) is 66.0 Å². The number of nitrogens with zero attached hydrogens (tertiary/aromatic N) is 3. The zero-order chi connectivity index (χ0) is 24.6. The van der Waals surface area contributed by atoms with E-state index < -0.39 is 0 Å². The summed E-state index contributed by atoms with van der Waals surface area (Å²) in [6, 6.07) is 17.1. The third kappa shape index (κ3) is 4.85. The van der Waals surface area contributed by atoms with Crippen molar-refractivity contribution in [3.05, 3.63) is 98.8 Å². The number of carbonyl (C=O) groups excluding carboxylic acids is 1. The Morgan fingerprint density at radius 2 is 1.86 bits per heavy atom. The maximum atomic E-state index is 13.5. The van der Waals surface area contributed by atoms with Gasteiger partial charge in [-0.3, -0.25) is 9.69 Å². The van der Waals surface area contributed by atoms with Gasteiger partial charge < -0.3 is 4.90 Å². The number of benzene rings is 2. The SMILES string of the molecule is CC1CN(CC=Cc2ccc(Cl)cc2)CCC12CN(C(=O)c1ccnc(Cl)c1)c1ccc(Cl)cc12. The van der Waals surface area contributed by atoms with E-state index in [4.69, 9.17) is 34.8 Å². The highest BCUT2D eigenvalue weighted by molar-refractivity contribution is 6.31. The van der Waals surface area contributed by atoms with Gasteiger partial charge >= 0.3 is 0 Å². The Morgan fingerprint density at radius 1 is 1.09 bits per heavy atom. The molecule has 1 fully saturated rings. The number of pyridine rings is 1. The largest absolute Gasteiger partial charge is 0.307 e. The topological polar surface area (TPSA) is 36.4 Å². The Balaban J connectivity index is 1.35. The summed E-state index contributed by atoms with van der Waals surface area (Å²) >= 11 is 18.5. The molecule has 2 aromatic carbocycles. The van der Waals surface area contributed by atoms with E-state index in [0.717, 1.165) is 42.3 Å². The summed E-state index contributed by atoms with van der Waals surface area (Å²) < 4.78 is 0. The molecule has 1 spiro atoms. The summed E-state index contributed by atoms with van der Waals surface area (Å²) in [4.78, 5) is 21.9. The van der Waals surface area contributed by atoms with Gasteiger partial charge in [0, 0.05) is 52.5 Å². The number of carbonyl (C=O) groups is 1. The number of likely N-dealkylation sites (tertiary alicyclic amines) is 1. The lowest BCUT2D eigenvalue weighted by Gasteiger charge is -2.45. The summed E-state index contributed by atoms with van der Waals surface area (Å²) in [5, 5.41) is 1.76. The van der Waals surface area contributed by atoms with Crippen molar-refractivity contribution in [2.45, 2.75) is 18.8 Å². The van der Waals surface area contributed by atoms with E-state index in [-0.39, 0.29) is 11.3 Å². The quantitative estimate of drug-likeness (QED) is 0.344. The molecule has 1 amide bonds. The fourth-order valence-corrected chi connectivity index (χ4v) is 5.91.